The van der Waals surface area contributed by atoms with Gasteiger partial charge in [-0.1, -0.05) is 30.3 Å². The molecule has 3 atom stereocenters. The molecule has 1 saturated carbocycles. The molecule has 2 aromatic rings. The maximum absolute atomic E-state index is 14.8. The Morgan fingerprint density at radius 1 is 1.00 bits per heavy atom. The van der Waals surface area contributed by atoms with Crippen molar-refractivity contribution in [3.63, 3.8) is 0 Å². The highest BCUT2D eigenvalue weighted by Crippen LogP contribution is 2.41. The van der Waals surface area contributed by atoms with E-state index in [-0.39, 0.29) is 35.1 Å². The molecule has 6 heteroatoms. The van der Waals surface area contributed by atoms with Gasteiger partial charge in [-0.25, -0.2) is 8.78 Å². The molecule has 1 heterocycles. The lowest BCUT2D eigenvalue weighted by atomic mass is 9.76. The zero-order valence-electron chi connectivity index (χ0n) is 19.9. The lowest BCUT2D eigenvalue weighted by Gasteiger charge is -2.31. The molecule has 3 unspecified atom stereocenters. The second-order valence-electron chi connectivity index (χ2n) is 10.0. The zero-order valence-corrected chi connectivity index (χ0v) is 19.9. The Kier molecular flexibility index (Phi) is 7.03. The molecule has 186 valence electrons. The molecule has 5 rings (SSSR count). The summed E-state index contributed by atoms with van der Waals surface area (Å²) in [6.45, 7) is 2.64. The highest BCUT2D eigenvalue weighted by molar-refractivity contribution is 5.65. The molecule has 0 bridgehead atoms. The van der Waals surface area contributed by atoms with Crippen LogP contribution in [0.2, 0.25) is 0 Å². The summed E-state index contributed by atoms with van der Waals surface area (Å²) >= 11 is 0. The number of benzene rings is 2. The van der Waals surface area contributed by atoms with Crippen molar-refractivity contribution in [3.05, 3.63) is 77.1 Å². The number of halogens is 3. The summed E-state index contributed by atoms with van der Waals surface area (Å²) in [5.41, 5.74) is 2.49. The minimum atomic E-state index is -0.988. The summed E-state index contributed by atoms with van der Waals surface area (Å²) in [7, 11) is 0. The smallest absolute Gasteiger partial charge is 0.201 e. The molecule has 2 aliphatic carbocycles. The summed E-state index contributed by atoms with van der Waals surface area (Å²) in [4.78, 5) is 0. The van der Waals surface area contributed by atoms with E-state index < -0.39 is 17.7 Å². The van der Waals surface area contributed by atoms with E-state index in [0.29, 0.717) is 36.7 Å². The standard InChI is InChI=1S/C29H31F3O3/c1-17(33)19-6-8-21(9-7-19)23-12-13-26(29(32)28(23)31)34-15-18-2-4-20(5-3-18)22-10-11-24(25(30)14-22)27-16-35-27/h6-10,12-14,17-18,20,24,27,33H,2-5,11,15-16H2,1H3. The Morgan fingerprint density at radius 2 is 1.71 bits per heavy atom. The van der Waals surface area contributed by atoms with E-state index in [1.165, 1.54) is 12.1 Å². The third-order valence-corrected chi connectivity index (χ3v) is 7.62. The molecule has 35 heavy (non-hydrogen) atoms. The second kappa shape index (κ2) is 10.2. The van der Waals surface area contributed by atoms with E-state index in [0.717, 1.165) is 31.3 Å². The molecule has 0 spiro atoms. The average Bonchev–Trinajstić information content (AvgIpc) is 3.71. The number of ether oxygens (including phenoxy) is 2. The van der Waals surface area contributed by atoms with Crippen LogP contribution < -0.4 is 4.74 Å². The predicted octanol–water partition coefficient (Wildman–Crippen LogP) is 7.07. The molecule has 1 aliphatic heterocycles. The average molecular weight is 485 g/mol. The van der Waals surface area contributed by atoms with Gasteiger partial charge in [-0.15, -0.1) is 0 Å². The van der Waals surface area contributed by atoms with Crippen LogP contribution in [0.4, 0.5) is 13.2 Å². The Morgan fingerprint density at radius 3 is 2.34 bits per heavy atom. The van der Waals surface area contributed by atoms with E-state index in [9.17, 15) is 18.3 Å². The van der Waals surface area contributed by atoms with E-state index in [1.807, 2.05) is 0 Å². The van der Waals surface area contributed by atoms with Gasteiger partial charge in [0, 0.05) is 11.5 Å². The maximum atomic E-state index is 14.8. The van der Waals surface area contributed by atoms with Crippen LogP contribution in [0.5, 0.6) is 5.75 Å². The van der Waals surface area contributed by atoms with Crippen LogP contribution in [0, 0.1) is 29.4 Å². The van der Waals surface area contributed by atoms with Crippen molar-refractivity contribution in [1.82, 2.24) is 0 Å². The Balaban J connectivity index is 1.15. The molecule has 0 amide bonds. The van der Waals surface area contributed by atoms with Crippen LogP contribution in [0.25, 0.3) is 11.1 Å². The van der Waals surface area contributed by atoms with Crippen LogP contribution in [0.15, 0.2) is 60.0 Å². The number of hydrogen-bond donors (Lipinski definition) is 1. The monoisotopic (exact) mass is 484 g/mol. The van der Waals surface area contributed by atoms with Crippen LogP contribution in [0.3, 0.4) is 0 Å². The van der Waals surface area contributed by atoms with E-state index >= 15 is 0 Å². The number of aliphatic hydroxyl groups is 1. The minimum absolute atomic E-state index is 0.0480. The van der Waals surface area contributed by atoms with Gasteiger partial charge >= 0.3 is 0 Å². The van der Waals surface area contributed by atoms with E-state index in [4.69, 9.17) is 9.47 Å². The van der Waals surface area contributed by atoms with Crippen molar-refractivity contribution in [3.8, 4) is 16.9 Å². The van der Waals surface area contributed by atoms with Crippen molar-refractivity contribution >= 4 is 0 Å². The first-order chi connectivity index (χ1) is 16.9. The minimum Gasteiger partial charge on any atom is -0.490 e. The fourth-order valence-electron chi connectivity index (χ4n) is 5.28. The summed E-state index contributed by atoms with van der Waals surface area (Å²) < 4.78 is 54.9. The number of hydrogen-bond acceptors (Lipinski definition) is 3. The Bertz CT molecular complexity index is 1110. The van der Waals surface area contributed by atoms with Crippen molar-refractivity contribution < 1.29 is 27.8 Å². The van der Waals surface area contributed by atoms with Gasteiger partial charge in [-0.3, -0.25) is 0 Å². The summed E-state index contributed by atoms with van der Waals surface area (Å²) in [6, 6.07) is 9.74. The SMILES string of the molecule is CC(O)c1ccc(-c2ccc(OCC3CCC(C4=CCC(C5CO5)C(F)=C4)CC3)c(F)c2F)cc1. The highest BCUT2D eigenvalue weighted by atomic mass is 19.2. The lowest BCUT2D eigenvalue weighted by molar-refractivity contribution is 0.185. The van der Waals surface area contributed by atoms with Crippen LogP contribution in [-0.2, 0) is 4.74 Å². The van der Waals surface area contributed by atoms with Crippen molar-refractivity contribution in [2.75, 3.05) is 13.2 Å². The molecule has 3 aliphatic rings. The summed E-state index contributed by atoms with van der Waals surface area (Å²) in [5, 5.41) is 9.63. The van der Waals surface area contributed by atoms with Gasteiger partial charge in [0.05, 0.1) is 25.4 Å². The van der Waals surface area contributed by atoms with Gasteiger partial charge in [-0.2, -0.15) is 4.39 Å². The second-order valence-corrected chi connectivity index (χ2v) is 10.0. The largest absolute Gasteiger partial charge is 0.490 e. The quantitative estimate of drug-likeness (QED) is 0.428. The van der Waals surface area contributed by atoms with Crippen LogP contribution in [-0.4, -0.2) is 24.4 Å². The fraction of sp³-hybridized carbons (Fsp3) is 0.448. The third-order valence-electron chi connectivity index (χ3n) is 7.62. The predicted molar refractivity (Wildman–Crippen MR) is 128 cm³/mol. The number of rotatable bonds is 7. The van der Waals surface area contributed by atoms with Gasteiger partial charge in [0.15, 0.2) is 11.6 Å². The van der Waals surface area contributed by atoms with Crippen LogP contribution in [0.1, 0.15) is 50.7 Å². The molecular weight excluding hydrogens is 453 g/mol. The first kappa shape index (κ1) is 24.1. The van der Waals surface area contributed by atoms with E-state index in [2.05, 4.69) is 6.08 Å². The topological polar surface area (TPSA) is 42.0 Å². The molecule has 3 nitrogen and oxygen atoms in total. The molecule has 0 aromatic heterocycles. The molecule has 2 aromatic carbocycles. The van der Waals surface area contributed by atoms with Gasteiger partial charge in [0.2, 0.25) is 5.82 Å². The molecule has 1 saturated heterocycles. The lowest BCUT2D eigenvalue weighted by Crippen LogP contribution is -2.22. The van der Waals surface area contributed by atoms with Crippen molar-refractivity contribution in [1.29, 1.82) is 0 Å². The maximum Gasteiger partial charge on any atom is 0.201 e. The molecule has 0 radical (unpaired) electrons. The first-order valence-electron chi connectivity index (χ1n) is 12.5. The Hall–Kier alpha value is -2.57. The van der Waals surface area contributed by atoms with Gasteiger partial charge in [0.25, 0.3) is 0 Å². The number of epoxide rings is 1. The van der Waals surface area contributed by atoms with Gasteiger partial charge in [-0.05, 0) is 85.8 Å². The molecular formula is C29H31F3O3. The van der Waals surface area contributed by atoms with Crippen molar-refractivity contribution in [2.45, 2.75) is 51.2 Å². The van der Waals surface area contributed by atoms with Crippen LogP contribution >= 0.6 is 0 Å². The number of allylic oxidation sites excluding steroid dienone is 3. The van der Waals surface area contributed by atoms with E-state index in [1.54, 1.807) is 37.3 Å². The van der Waals surface area contributed by atoms with Gasteiger partial charge in [0.1, 0.15) is 5.83 Å². The van der Waals surface area contributed by atoms with Crippen molar-refractivity contribution in [2.24, 2.45) is 17.8 Å². The highest BCUT2D eigenvalue weighted by Gasteiger charge is 2.37. The molecule has 1 N–H and O–H groups in total. The third kappa shape index (κ3) is 5.34. The first-order valence-corrected chi connectivity index (χ1v) is 12.5. The normalized spacial score (nSPS) is 27.1. The summed E-state index contributed by atoms with van der Waals surface area (Å²) in [6.07, 6.45) is 7.68. The van der Waals surface area contributed by atoms with Gasteiger partial charge < -0.3 is 14.6 Å². The number of aliphatic hydroxyl groups excluding tert-OH is 1. The summed E-state index contributed by atoms with van der Waals surface area (Å²) in [5.74, 6) is -1.59. The Labute approximate surface area is 204 Å². The fourth-order valence-corrected chi connectivity index (χ4v) is 5.28. The molecule has 2 fully saturated rings. The zero-order chi connectivity index (χ0) is 24.5.